The zero-order chi connectivity index (χ0) is 13.9. The fourth-order valence-corrected chi connectivity index (χ4v) is 2.29. The van der Waals surface area contributed by atoms with Gasteiger partial charge in [-0.2, -0.15) is 4.98 Å². The summed E-state index contributed by atoms with van der Waals surface area (Å²) in [5, 5.41) is 0. The second-order valence-electron chi connectivity index (χ2n) is 5.97. The molecule has 1 aliphatic rings. The van der Waals surface area contributed by atoms with Crippen molar-refractivity contribution in [2.24, 2.45) is 5.92 Å². The van der Waals surface area contributed by atoms with E-state index in [1.165, 1.54) is 0 Å². The minimum atomic E-state index is -0.0828. The van der Waals surface area contributed by atoms with E-state index in [0.717, 1.165) is 36.5 Å². The number of hydrogen-bond acceptors (Lipinski definition) is 4. The molecule has 106 valence electrons. The van der Waals surface area contributed by atoms with Crippen LogP contribution >= 0.6 is 15.9 Å². The summed E-state index contributed by atoms with van der Waals surface area (Å²) >= 11 is 3.42. The van der Waals surface area contributed by atoms with Crippen molar-refractivity contribution in [2.45, 2.75) is 39.0 Å². The maximum atomic E-state index is 5.83. The highest BCUT2D eigenvalue weighted by atomic mass is 79.9. The van der Waals surface area contributed by atoms with Gasteiger partial charge < -0.3 is 9.47 Å². The Morgan fingerprint density at radius 3 is 2.63 bits per heavy atom. The lowest BCUT2D eigenvalue weighted by Gasteiger charge is -2.22. The monoisotopic (exact) mass is 328 g/mol. The molecule has 1 aromatic heterocycles. The SMILES string of the molecule is CC(C)(C)c1nc(Br)cc(OCC2CCOCC2)n1. The van der Waals surface area contributed by atoms with Gasteiger partial charge in [0.1, 0.15) is 10.4 Å². The van der Waals surface area contributed by atoms with Crippen molar-refractivity contribution < 1.29 is 9.47 Å². The number of rotatable bonds is 3. The standard InChI is InChI=1S/C14H21BrN2O2/c1-14(2,3)13-16-11(15)8-12(17-13)19-9-10-4-6-18-7-5-10/h8,10H,4-7,9H2,1-3H3. The summed E-state index contributed by atoms with van der Waals surface area (Å²) in [6.07, 6.45) is 2.14. The highest BCUT2D eigenvalue weighted by molar-refractivity contribution is 9.10. The molecule has 2 rings (SSSR count). The summed E-state index contributed by atoms with van der Waals surface area (Å²) in [6, 6.07) is 1.83. The number of ether oxygens (including phenoxy) is 2. The molecule has 0 bridgehead atoms. The van der Waals surface area contributed by atoms with Crippen molar-refractivity contribution >= 4 is 15.9 Å². The number of nitrogens with zero attached hydrogens (tertiary/aromatic N) is 2. The fraction of sp³-hybridized carbons (Fsp3) is 0.714. The number of hydrogen-bond donors (Lipinski definition) is 0. The molecule has 0 unspecified atom stereocenters. The highest BCUT2D eigenvalue weighted by Crippen LogP contribution is 2.24. The van der Waals surface area contributed by atoms with Gasteiger partial charge in [-0.1, -0.05) is 20.8 Å². The quantitative estimate of drug-likeness (QED) is 0.798. The van der Waals surface area contributed by atoms with Crippen LogP contribution in [0.25, 0.3) is 0 Å². The summed E-state index contributed by atoms with van der Waals surface area (Å²) in [6.45, 7) is 8.67. The molecular formula is C14H21BrN2O2. The maximum Gasteiger partial charge on any atom is 0.217 e. The zero-order valence-electron chi connectivity index (χ0n) is 11.8. The van der Waals surface area contributed by atoms with Gasteiger partial charge in [0.25, 0.3) is 0 Å². The van der Waals surface area contributed by atoms with Crippen LogP contribution in [0.4, 0.5) is 0 Å². The van der Waals surface area contributed by atoms with E-state index in [9.17, 15) is 0 Å². The molecule has 0 radical (unpaired) electrons. The molecule has 5 heteroatoms. The lowest BCUT2D eigenvalue weighted by molar-refractivity contribution is 0.0489. The molecule has 1 fully saturated rings. The Hall–Kier alpha value is -0.680. The molecule has 0 aliphatic carbocycles. The van der Waals surface area contributed by atoms with E-state index in [1.54, 1.807) is 0 Å². The van der Waals surface area contributed by atoms with Gasteiger partial charge in [0.05, 0.1) is 6.61 Å². The van der Waals surface area contributed by atoms with Crippen LogP contribution in [0.5, 0.6) is 5.88 Å². The Kier molecular flexibility index (Phi) is 4.79. The van der Waals surface area contributed by atoms with Gasteiger partial charge in [-0.05, 0) is 34.7 Å². The minimum absolute atomic E-state index is 0.0828. The average molecular weight is 329 g/mol. The van der Waals surface area contributed by atoms with Gasteiger partial charge in [-0.25, -0.2) is 4.98 Å². The van der Waals surface area contributed by atoms with Crippen molar-refractivity contribution in [3.8, 4) is 5.88 Å². The summed E-state index contributed by atoms with van der Waals surface area (Å²) in [4.78, 5) is 8.90. The topological polar surface area (TPSA) is 44.2 Å². The van der Waals surface area contributed by atoms with E-state index in [2.05, 4.69) is 46.7 Å². The van der Waals surface area contributed by atoms with Gasteiger partial charge in [-0.15, -0.1) is 0 Å². The molecule has 0 aromatic carbocycles. The lowest BCUT2D eigenvalue weighted by atomic mass is 9.96. The Labute approximate surface area is 123 Å². The third-order valence-electron chi connectivity index (χ3n) is 3.15. The van der Waals surface area contributed by atoms with Crippen LogP contribution < -0.4 is 4.74 Å². The summed E-state index contributed by atoms with van der Waals surface area (Å²) in [5.74, 6) is 2.02. The smallest absolute Gasteiger partial charge is 0.217 e. The average Bonchev–Trinajstić information content (AvgIpc) is 2.36. The Morgan fingerprint density at radius 1 is 1.32 bits per heavy atom. The number of halogens is 1. The molecule has 0 amide bonds. The Morgan fingerprint density at radius 2 is 2.00 bits per heavy atom. The largest absolute Gasteiger partial charge is 0.477 e. The molecule has 0 saturated carbocycles. The molecule has 0 N–H and O–H groups in total. The first-order chi connectivity index (χ1) is 8.95. The van der Waals surface area contributed by atoms with Crippen molar-refractivity contribution in [3.63, 3.8) is 0 Å². The first kappa shape index (κ1) is 14.7. The van der Waals surface area contributed by atoms with Crippen molar-refractivity contribution in [2.75, 3.05) is 19.8 Å². The van der Waals surface area contributed by atoms with Crippen LogP contribution in [-0.4, -0.2) is 29.8 Å². The molecular weight excluding hydrogens is 308 g/mol. The second kappa shape index (κ2) is 6.18. The van der Waals surface area contributed by atoms with Crippen LogP contribution in [0.2, 0.25) is 0 Å². The van der Waals surface area contributed by atoms with Gasteiger partial charge >= 0.3 is 0 Å². The molecule has 4 nitrogen and oxygen atoms in total. The first-order valence-corrected chi connectivity index (χ1v) is 7.50. The van der Waals surface area contributed by atoms with Crippen LogP contribution in [0.1, 0.15) is 39.4 Å². The molecule has 2 heterocycles. The van der Waals surface area contributed by atoms with Gasteiger partial charge in [-0.3, -0.25) is 0 Å². The Balaban J connectivity index is 2.01. The van der Waals surface area contributed by atoms with Gasteiger partial charge in [0.2, 0.25) is 5.88 Å². The van der Waals surface area contributed by atoms with E-state index < -0.39 is 0 Å². The maximum absolute atomic E-state index is 5.83. The zero-order valence-corrected chi connectivity index (χ0v) is 13.4. The third-order valence-corrected chi connectivity index (χ3v) is 3.56. The number of aromatic nitrogens is 2. The summed E-state index contributed by atoms with van der Waals surface area (Å²) in [7, 11) is 0. The molecule has 1 aliphatic heterocycles. The van der Waals surface area contributed by atoms with E-state index in [4.69, 9.17) is 9.47 Å². The predicted molar refractivity (Wildman–Crippen MR) is 77.5 cm³/mol. The lowest BCUT2D eigenvalue weighted by Crippen LogP contribution is -2.22. The van der Waals surface area contributed by atoms with Gasteiger partial charge in [0, 0.05) is 24.7 Å². The van der Waals surface area contributed by atoms with Crippen molar-refractivity contribution in [1.82, 2.24) is 9.97 Å². The first-order valence-electron chi connectivity index (χ1n) is 6.71. The third kappa shape index (κ3) is 4.42. The normalized spacial score (nSPS) is 17.5. The van der Waals surface area contributed by atoms with E-state index >= 15 is 0 Å². The van der Waals surface area contributed by atoms with Crippen LogP contribution in [0, 0.1) is 5.92 Å². The molecule has 1 aromatic rings. The molecule has 0 spiro atoms. The van der Waals surface area contributed by atoms with Crippen molar-refractivity contribution in [1.29, 1.82) is 0 Å². The Bertz CT molecular complexity index is 426. The summed E-state index contributed by atoms with van der Waals surface area (Å²) in [5.41, 5.74) is -0.0828. The molecule has 1 saturated heterocycles. The molecule has 19 heavy (non-hydrogen) atoms. The summed E-state index contributed by atoms with van der Waals surface area (Å²) < 4.78 is 11.9. The van der Waals surface area contributed by atoms with Crippen LogP contribution in [-0.2, 0) is 10.2 Å². The van der Waals surface area contributed by atoms with Crippen molar-refractivity contribution in [3.05, 3.63) is 16.5 Å². The minimum Gasteiger partial charge on any atom is -0.477 e. The molecule has 0 atom stereocenters. The second-order valence-corrected chi connectivity index (χ2v) is 6.78. The van der Waals surface area contributed by atoms with Gasteiger partial charge in [0.15, 0.2) is 0 Å². The highest BCUT2D eigenvalue weighted by Gasteiger charge is 2.20. The fourth-order valence-electron chi connectivity index (χ4n) is 1.92. The van der Waals surface area contributed by atoms with E-state index in [0.29, 0.717) is 18.4 Å². The van der Waals surface area contributed by atoms with Crippen LogP contribution in [0.3, 0.4) is 0 Å². The predicted octanol–water partition coefficient (Wildman–Crippen LogP) is 3.34. The van der Waals surface area contributed by atoms with E-state index in [1.807, 2.05) is 6.07 Å². The van der Waals surface area contributed by atoms with E-state index in [-0.39, 0.29) is 5.41 Å². The van der Waals surface area contributed by atoms with Crippen LogP contribution in [0.15, 0.2) is 10.7 Å².